The van der Waals surface area contributed by atoms with Crippen LogP contribution in [0.15, 0.2) is 36.4 Å². The van der Waals surface area contributed by atoms with Gasteiger partial charge in [0.2, 0.25) is 0 Å². The first-order valence-electron chi connectivity index (χ1n) is 5.68. The van der Waals surface area contributed by atoms with Gasteiger partial charge in [0.05, 0.1) is 5.52 Å². The predicted molar refractivity (Wildman–Crippen MR) is 71.0 cm³/mol. The molecule has 19 heavy (non-hydrogen) atoms. The Hall–Kier alpha value is -1.94. The summed E-state index contributed by atoms with van der Waals surface area (Å²) in [5.41, 5.74) is 2.19. The molecular formula is C14H9ClF2N2. The third-order valence-corrected chi connectivity index (χ3v) is 3.21. The summed E-state index contributed by atoms with van der Waals surface area (Å²) < 4.78 is 26.7. The maximum absolute atomic E-state index is 13.6. The Balaban J connectivity index is 2.17. The van der Waals surface area contributed by atoms with Crippen molar-refractivity contribution in [2.75, 3.05) is 0 Å². The number of nitrogens with zero attached hydrogens (tertiary/aromatic N) is 1. The monoisotopic (exact) mass is 278 g/mol. The summed E-state index contributed by atoms with van der Waals surface area (Å²) in [5, 5.41) is 0. The van der Waals surface area contributed by atoms with Crippen molar-refractivity contribution in [1.29, 1.82) is 0 Å². The molecule has 0 fully saturated rings. The fourth-order valence-electron chi connectivity index (χ4n) is 1.96. The molecule has 0 amide bonds. The van der Waals surface area contributed by atoms with E-state index in [1.165, 1.54) is 6.07 Å². The van der Waals surface area contributed by atoms with E-state index in [0.29, 0.717) is 17.2 Å². The molecule has 3 aromatic rings. The minimum Gasteiger partial charge on any atom is -0.338 e. The van der Waals surface area contributed by atoms with Crippen molar-refractivity contribution < 1.29 is 8.78 Å². The Morgan fingerprint density at radius 1 is 1.16 bits per heavy atom. The Bertz CT molecular complexity index is 752. The van der Waals surface area contributed by atoms with Crippen molar-refractivity contribution >= 4 is 22.6 Å². The van der Waals surface area contributed by atoms with Crippen LogP contribution in [-0.2, 0) is 5.88 Å². The number of aromatic nitrogens is 2. The van der Waals surface area contributed by atoms with Crippen LogP contribution in [0.25, 0.3) is 22.4 Å². The topological polar surface area (TPSA) is 28.7 Å². The van der Waals surface area contributed by atoms with Crippen LogP contribution in [0.4, 0.5) is 8.78 Å². The number of imidazole rings is 1. The van der Waals surface area contributed by atoms with Gasteiger partial charge in [-0.15, -0.1) is 11.6 Å². The second-order valence-electron chi connectivity index (χ2n) is 4.18. The first-order valence-corrected chi connectivity index (χ1v) is 6.21. The van der Waals surface area contributed by atoms with Gasteiger partial charge >= 0.3 is 0 Å². The van der Waals surface area contributed by atoms with E-state index in [4.69, 9.17) is 11.6 Å². The summed E-state index contributed by atoms with van der Waals surface area (Å²) in [7, 11) is 0. The van der Waals surface area contributed by atoms with Gasteiger partial charge < -0.3 is 4.98 Å². The zero-order chi connectivity index (χ0) is 13.4. The van der Waals surface area contributed by atoms with Crippen molar-refractivity contribution in [3.05, 3.63) is 53.6 Å². The van der Waals surface area contributed by atoms with Crippen LogP contribution in [0, 0.1) is 11.6 Å². The van der Waals surface area contributed by atoms with Crippen molar-refractivity contribution in [2.45, 2.75) is 5.88 Å². The van der Waals surface area contributed by atoms with Crippen molar-refractivity contribution in [3.63, 3.8) is 0 Å². The molecule has 0 unspecified atom stereocenters. The number of nitrogens with one attached hydrogen (secondary N) is 1. The lowest BCUT2D eigenvalue weighted by Gasteiger charge is -1.99. The smallest absolute Gasteiger partial charge is 0.186 e. The molecule has 0 bridgehead atoms. The van der Waals surface area contributed by atoms with Crippen LogP contribution in [0.5, 0.6) is 0 Å². The molecule has 1 heterocycles. The van der Waals surface area contributed by atoms with E-state index in [1.54, 1.807) is 0 Å². The number of benzene rings is 2. The van der Waals surface area contributed by atoms with E-state index in [1.807, 2.05) is 24.3 Å². The van der Waals surface area contributed by atoms with E-state index in [2.05, 4.69) is 9.97 Å². The number of halogens is 3. The SMILES string of the molecule is Fc1ccc2[nH]c(-c3cccc(CCl)c3)nc2c1F. The Morgan fingerprint density at radius 3 is 2.79 bits per heavy atom. The maximum atomic E-state index is 13.6. The molecule has 3 rings (SSSR count). The molecule has 96 valence electrons. The quantitative estimate of drug-likeness (QED) is 0.698. The summed E-state index contributed by atoms with van der Waals surface area (Å²) in [6, 6.07) is 9.97. The van der Waals surface area contributed by atoms with Gasteiger partial charge in [-0.3, -0.25) is 0 Å². The van der Waals surface area contributed by atoms with Crippen LogP contribution >= 0.6 is 11.6 Å². The standard InChI is InChI=1S/C14H9ClF2N2/c15-7-8-2-1-3-9(6-8)14-18-11-5-4-10(16)12(17)13(11)19-14/h1-6H,7H2,(H,18,19). The second kappa shape index (κ2) is 4.63. The Labute approximate surface area is 113 Å². The van der Waals surface area contributed by atoms with Gasteiger partial charge in [0.15, 0.2) is 11.6 Å². The fraction of sp³-hybridized carbons (Fsp3) is 0.0714. The largest absolute Gasteiger partial charge is 0.338 e. The molecular weight excluding hydrogens is 270 g/mol. The highest BCUT2D eigenvalue weighted by Crippen LogP contribution is 2.24. The van der Waals surface area contributed by atoms with Gasteiger partial charge in [0, 0.05) is 11.4 Å². The predicted octanol–water partition coefficient (Wildman–Crippen LogP) is 4.25. The minimum absolute atomic E-state index is 0.00581. The zero-order valence-corrected chi connectivity index (χ0v) is 10.5. The molecule has 0 saturated heterocycles. The van der Waals surface area contributed by atoms with Crippen LogP contribution in [0.1, 0.15) is 5.56 Å². The lowest BCUT2D eigenvalue weighted by atomic mass is 10.1. The summed E-state index contributed by atoms with van der Waals surface area (Å²) in [6.45, 7) is 0. The molecule has 2 nitrogen and oxygen atoms in total. The van der Waals surface area contributed by atoms with E-state index in [9.17, 15) is 8.78 Å². The highest BCUT2D eigenvalue weighted by Gasteiger charge is 2.12. The van der Waals surface area contributed by atoms with Crippen LogP contribution < -0.4 is 0 Å². The number of H-pyrrole nitrogens is 1. The Morgan fingerprint density at radius 2 is 2.00 bits per heavy atom. The van der Waals surface area contributed by atoms with Gasteiger partial charge in [0.25, 0.3) is 0 Å². The molecule has 5 heteroatoms. The van der Waals surface area contributed by atoms with Crippen molar-refractivity contribution in [3.8, 4) is 11.4 Å². The van der Waals surface area contributed by atoms with E-state index in [-0.39, 0.29) is 5.52 Å². The molecule has 2 aromatic carbocycles. The Kier molecular flexibility index (Phi) is 2.95. The minimum atomic E-state index is -0.937. The normalized spacial score (nSPS) is 11.1. The average molecular weight is 279 g/mol. The first kappa shape index (κ1) is 12.1. The summed E-state index contributed by atoms with van der Waals surface area (Å²) in [4.78, 5) is 7.08. The number of rotatable bonds is 2. The lowest BCUT2D eigenvalue weighted by Crippen LogP contribution is -1.85. The van der Waals surface area contributed by atoms with E-state index >= 15 is 0 Å². The second-order valence-corrected chi connectivity index (χ2v) is 4.44. The van der Waals surface area contributed by atoms with Crippen LogP contribution in [0.2, 0.25) is 0 Å². The lowest BCUT2D eigenvalue weighted by molar-refractivity contribution is 0.515. The first-order chi connectivity index (χ1) is 9.19. The fourth-order valence-corrected chi connectivity index (χ4v) is 2.12. The number of aromatic amines is 1. The number of hydrogen-bond acceptors (Lipinski definition) is 1. The van der Waals surface area contributed by atoms with Crippen molar-refractivity contribution in [2.24, 2.45) is 0 Å². The number of fused-ring (bicyclic) bond motifs is 1. The van der Waals surface area contributed by atoms with Crippen molar-refractivity contribution in [1.82, 2.24) is 9.97 Å². The zero-order valence-electron chi connectivity index (χ0n) is 9.75. The molecule has 0 aliphatic heterocycles. The highest BCUT2D eigenvalue weighted by molar-refractivity contribution is 6.17. The molecule has 0 radical (unpaired) electrons. The molecule has 1 aromatic heterocycles. The van der Waals surface area contributed by atoms with Gasteiger partial charge in [-0.1, -0.05) is 18.2 Å². The number of hydrogen-bond donors (Lipinski definition) is 1. The summed E-state index contributed by atoms with van der Waals surface area (Å²) >= 11 is 5.77. The maximum Gasteiger partial charge on any atom is 0.186 e. The molecule has 0 atom stereocenters. The highest BCUT2D eigenvalue weighted by atomic mass is 35.5. The molecule has 0 aliphatic rings. The van der Waals surface area contributed by atoms with Crippen LogP contribution in [0.3, 0.4) is 0 Å². The molecule has 0 spiro atoms. The third kappa shape index (κ3) is 2.08. The summed E-state index contributed by atoms with van der Waals surface area (Å²) in [5.74, 6) is -0.961. The molecule has 0 saturated carbocycles. The molecule has 0 aliphatic carbocycles. The van der Waals surface area contributed by atoms with Gasteiger partial charge in [-0.25, -0.2) is 13.8 Å². The third-order valence-electron chi connectivity index (χ3n) is 2.90. The van der Waals surface area contributed by atoms with E-state index in [0.717, 1.165) is 17.2 Å². The number of alkyl halides is 1. The van der Waals surface area contributed by atoms with E-state index < -0.39 is 11.6 Å². The van der Waals surface area contributed by atoms with Gasteiger partial charge in [0.1, 0.15) is 11.3 Å². The van der Waals surface area contributed by atoms with Gasteiger partial charge in [-0.05, 0) is 23.8 Å². The summed E-state index contributed by atoms with van der Waals surface area (Å²) in [6.07, 6.45) is 0. The van der Waals surface area contributed by atoms with Crippen LogP contribution in [-0.4, -0.2) is 9.97 Å². The molecule has 1 N–H and O–H groups in total. The van der Waals surface area contributed by atoms with Gasteiger partial charge in [-0.2, -0.15) is 0 Å². The average Bonchev–Trinajstić information content (AvgIpc) is 2.88.